The van der Waals surface area contributed by atoms with Crippen LogP contribution in [0.5, 0.6) is 0 Å². The van der Waals surface area contributed by atoms with E-state index in [1.807, 2.05) is 12.3 Å². The Bertz CT molecular complexity index is 617. The monoisotopic (exact) mass is 517 g/mol. The molecule has 3 heterocycles. The first-order valence-corrected chi connectivity index (χ1v) is 10.5. The van der Waals surface area contributed by atoms with E-state index < -0.39 is 0 Å². The zero-order valence-electron chi connectivity index (χ0n) is 17.6. The third kappa shape index (κ3) is 8.23. The summed E-state index contributed by atoms with van der Waals surface area (Å²) in [4.78, 5) is 16.3. The molecular weight excluding hydrogens is 481 g/mol. The van der Waals surface area contributed by atoms with Crippen LogP contribution < -0.4 is 16.0 Å². The van der Waals surface area contributed by atoms with Gasteiger partial charge >= 0.3 is 0 Å². The maximum Gasteiger partial charge on any atom is 0.188 e. The van der Waals surface area contributed by atoms with Gasteiger partial charge in [-0.05, 0) is 37.2 Å². The lowest BCUT2D eigenvalue weighted by atomic mass is 10.2. The molecular formula is C20H36IN7O. The van der Waals surface area contributed by atoms with Gasteiger partial charge in [0.25, 0.3) is 0 Å². The van der Waals surface area contributed by atoms with Crippen LogP contribution in [-0.4, -0.2) is 92.9 Å². The Morgan fingerprint density at radius 1 is 1.17 bits per heavy atom. The first-order chi connectivity index (χ1) is 13.7. The number of anilines is 1. The molecule has 0 aromatic carbocycles. The van der Waals surface area contributed by atoms with E-state index in [1.54, 1.807) is 0 Å². The van der Waals surface area contributed by atoms with Crippen LogP contribution in [0.1, 0.15) is 18.9 Å². The number of hydrogen-bond acceptors (Lipinski definition) is 6. The van der Waals surface area contributed by atoms with Crippen molar-refractivity contribution in [1.29, 1.82) is 0 Å². The van der Waals surface area contributed by atoms with Gasteiger partial charge in [0, 0.05) is 52.0 Å². The van der Waals surface area contributed by atoms with Gasteiger partial charge in [0.1, 0.15) is 5.82 Å². The molecule has 0 unspecified atom stereocenters. The summed E-state index contributed by atoms with van der Waals surface area (Å²) >= 11 is 0. The number of nitrogens with one attached hydrogen (secondary N) is 1. The van der Waals surface area contributed by atoms with Gasteiger partial charge in [0.2, 0.25) is 0 Å². The Balaban J connectivity index is 0.00000300. The number of hydrogen-bond donors (Lipinski definition) is 2. The first kappa shape index (κ1) is 24.1. The standard InChI is InChI=1S/C20H35N7O.HI/c1-2-25-8-10-27(11-9-25)19-16-18(4-6-22-19)17-24-20(21)23-5-3-7-26-12-14-28-15-13-26;/h4,6,16H,2-3,5,7-15,17H2,1H3,(H3,21,23,24);1H. The first-order valence-electron chi connectivity index (χ1n) is 10.5. The Hall–Kier alpha value is -1.17. The SMILES string of the molecule is CCN1CCN(c2cc(CN=C(N)NCCCN3CCOCC3)ccn2)CC1.I. The Morgan fingerprint density at radius 2 is 1.93 bits per heavy atom. The van der Waals surface area contributed by atoms with E-state index in [-0.39, 0.29) is 24.0 Å². The molecule has 8 nitrogen and oxygen atoms in total. The number of nitrogens with zero attached hydrogens (tertiary/aromatic N) is 5. The van der Waals surface area contributed by atoms with Crippen molar-refractivity contribution < 1.29 is 4.74 Å². The maximum atomic E-state index is 6.03. The maximum absolute atomic E-state index is 6.03. The van der Waals surface area contributed by atoms with Crippen LogP contribution in [0.4, 0.5) is 5.82 Å². The van der Waals surface area contributed by atoms with Crippen LogP contribution in [-0.2, 0) is 11.3 Å². The minimum atomic E-state index is 0. The molecule has 0 spiro atoms. The summed E-state index contributed by atoms with van der Waals surface area (Å²) in [6.07, 6.45) is 2.93. The molecule has 9 heteroatoms. The van der Waals surface area contributed by atoms with E-state index in [2.05, 4.69) is 43.0 Å². The molecule has 2 aliphatic rings. The highest BCUT2D eigenvalue weighted by Gasteiger charge is 2.16. The topological polar surface area (TPSA) is 82.2 Å². The molecule has 0 radical (unpaired) electrons. The van der Waals surface area contributed by atoms with Crippen molar-refractivity contribution in [2.45, 2.75) is 19.9 Å². The van der Waals surface area contributed by atoms with Crippen molar-refractivity contribution in [3.05, 3.63) is 23.9 Å². The van der Waals surface area contributed by atoms with E-state index in [1.165, 1.54) is 0 Å². The Morgan fingerprint density at radius 3 is 2.66 bits per heavy atom. The predicted molar refractivity (Wildman–Crippen MR) is 129 cm³/mol. The van der Waals surface area contributed by atoms with E-state index in [0.717, 1.165) is 89.9 Å². The molecule has 0 amide bonds. The van der Waals surface area contributed by atoms with Crippen LogP contribution in [0.15, 0.2) is 23.3 Å². The minimum absolute atomic E-state index is 0. The fraction of sp³-hybridized carbons (Fsp3) is 0.700. The lowest BCUT2D eigenvalue weighted by molar-refractivity contribution is 0.0376. The summed E-state index contributed by atoms with van der Waals surface area (Å²) < 4.78 is 5.37. The molecule has 2 saturated heterocycles. The molecule has 2 aliphatic heterocycles. The van der Waals surface area contributed by atoms with E-state index in [4.69, 9.17) is 10.5 Å². The number of ether oxygens (including phenoxy) is 1. The number of guanidine groups is 1. The van der Waals surface area contributed by atoms with Gasteiger partial charge in [-0.2, -0.15) is 0 Å². The minimum Gasteiger partial charge on any atom is -0.379 e. The van der Waals surface area contributed by atoms with Gasteiger partial charge in [-0.15, -0.1) is 24.0 Å². The highest BCUT2D eigenvalue weighted by Crippen LogP contribution is 2.15. The van der Waals surface area contributed by atoms with Crippen molar-refractivity contribution in [3.8, 4) is 0 Å². The normalized spacial score (nSPS) is 19.1. The number of nitrogens with two attached hydrogens (primary N) is 1. The lowest BCUT2D eigenvalue weighted by Gasteiger charge is -2.34. The van der Waals surface area contributed by atoms with E-state index in [0.29, 0.717) is 12.5 Å². The van der Waals surface area contributed by atoms with Gasteiger partial charge in [0.15, 0.2) is 5.96 Å². The molecule has 0 aliphatic carbocycles. The second-order valence-electron chi connectivity index (χ2n) is 7.38. The average Bonchev–Trinajstić information content (AvgIpc) is 2.76. The second-order valence-corrected chi connectivity index (χ2v) is 7.38. The summed E-state index contributed by atoms with van der Waals surface area (Å²) in [6, 6.07) is 4.15. The molecule has 164 valence electrons. The summed E-state index contributed by atoms with van der Waals surface area (Å²) in [5, 5.41) is 3.22. The third-order valence-electron chi connectivity index (χ3n) is 5.45. The van der Waals surface area contributed by atoms with E-state index in [9.17, 15) is 0 Å². The second kappa shape index (κ2) is 13.2. The molecule has 0 saturated carbocycles. The Kier molecular flexibility index (Phi) is 11.0. The summed E-state index contributed by atoms with van der Waals surface area (Å²) in [5.41, 5.74) is 7.17. The number of morpholine rings is 1. The average molecular weight is 517 g/mol. The van der Waals surface area contributed by atoms with Crippen molar-refractivity contribution in [2.24, 2.45) is 10.7 Å². The highest BCUT2D eigenvalue weighted by atomic mass is 127. The number of halogens is 1. The predicted octanol–water partition coefficient (Wildman–Crippen LogP) is 0.968. The van der Waals surface area contributed by atoms with Crippen LogP contribution in [0.25, 0.3) is 0 Å². The zero-order valence-corrected chi connectivity index (χ0v) is 19.9. The van der Waals surface area contributed by atoms with Crippen molar-refractivity contribution in [2.75, 3.05) is 77.0 Å². The third-order valence-corrected chi connectivity index (χ3v) is 5.45. The molecule has 3 N–H and O–H groups in total. The number of likely N-dealkylation sites (N-methyl/N-ethyl adjacent to an activating group) is 1. The van der Waals surface area contributed by atoms with Gasteiger partial charge in [0.05, 0.1) is 19.8 Å². The Labute approximate surface area is 191 Å². The van der Waals surface area contributed by atoms with Crippen LogP contribution in [0.3, 0.4) is 0 Å². The van der Waals surface area contributed by atoms with Crippen molar-refractivity contribution in [3.63, 3.8) is 0 Å². The molecule has 0 atom stereocenters. The van der Waals surface area contributed by atoms with Gasteiger partial charge < -0.3 is 25.6 Å². The smallest absolute Gasteiger partial charge is 0.188 e. The number of aliphatic imine (C=N–C) groups is 1. The number of aromatic nitrogens is 1. The van der Waals surface area contributed by atoms with Gasteiger partial charge in [-0.1, -0.05) is 6.92 Å². The molecule has 1 aromatic heterocycles. The molecule has 2 fully saturated rings. The fourth-order valence-electron chi connectivity index (χ4n) is 3.60. The van der Waals surface area contributed by atoms with Gasteiger partial charge in [-0.3, -0.25) is 4.90 Å². The fourth-order valence-corrected chi connectivity index (χ4v) is 3.60. The summed E-state index contributed by atoms with van der Waals surface area (Å²) in [6.45, 7) is 13.8. The molecule has 1 aromatic rings. The van der Waals surface area contributed by atoms with Crippen LogP contribution in [0, 0.1) is 0 Å². The number of piperazine rings is 1. The molecule has 3 rings (SSSR count). The molecule has 29 heavy (non-hydrogen) atoms. The summed E-state index contributed by atoms with van der Waals surface area (Å²) in [7, 11) is 0. The zero-order chi connectivity index (χ0) is 19.6. The highest BCUT2D eigenvalue weighted by molar-refractivity contribution is 14.0. The van der Waals surface area contributed by atoms with E-state index >= 15 is 0 Å². The molecule has 0 bridgehead atoms. The number of pyridine rings is 1. The van der Waals surface area contributed by atoms with Crippen molar-refractivity contribution in [1.82, 2.24) is 20.1 Å². The number of rotatable bonds is 8. The van der Waals surface area contributed by atoms with Crippen LogP contribution >= 0.6 is 24.0 Å². The van der Waals surface area contributed by atoms with Gasteiger partial charge in [-0.25, -0.2) is 9.98 Å². The summed E-state index contributed by atoms with van der Waals surface area (Å²) in [5.74, 6) is 1.55. The lowest BCUT2D eigenvalue weighted by Crippen LogP contribution is -2.46. The quantitative estimate of drug-likeness (QED) is 0.230. The van der Waals surface area contributed by atoms with Crippen molar-refractivity contribution >= 4 is 35.8 Å². The van der Waals surface area contributed by atoms with Crippen LogP contribution in [0.2, 0.25) is 0 Å². The largest absolute Gasteiger partial charge is 0.379 e.